The zero-order valence-electron chi connectivity index (χ0n) is 18.3. The second-order valence-corrected chi connectivity index (χ2v) is 9.75. The largest absolute Gasteiger partial charge is 0.363 e. The quantitative estimate of drug-likeness (QED) is 0.392. The summed E-state index contributed by atoms with van der Waals surface area (Å²) >= 11 is 0. The van der Waals surface area contributed by atoms with Gasteiger partial charge in [0.05, 0.1) is 10.4 Å². The molecule has 0 saturated carbocycles. The van der Waals surface area contributed by atoms with Gasteiger partial charge in [-0.2, -0.15) is 4.52 Å². The van der Waals surface area contributed by atoms with Crippen LogP contribution in [0.2, 0.25) is 0 Å². The molecular formula is C25H23N5O2S. The van der Waals surface area contributed by atoms with Gasteiger partial charge in [-0.15, -0.1) is 5.10 Å². The molecule has 0 saturated heterocycles. The highest BCUT2D eigenvalue weighted by atomic mass is 32.2. The summed E-state index contributed by atoms with van der Waals surface area (Å²) in [5.41, 5.74) is 3.07. The van der Waals surface area contributed by atoms with Crippen molar-refractivity contribution in [3.05, 3.63) is 90.0 Å². The summed E-state index contributed by atoms with van der Waals surface area (Å²) in [6.07, 6.45) is 0.831. The maximum Gasteiger partial charge on any atom is 0.229 e. The molecule has 33 heavy (non-hydrogen) atoms. The third-order valence-corrected chi connectivity index (χ3v) is 7.44. The van der Waals surface area contributed by atoms with Crippen molar-refractivity contribution in [1.82, 2.24) is 19.8 Å². The molecule has 0 amide bonds. The Balaban J connectivity index is 1.66. The van der Waals surface area contributed by atoms with E-state index in [2.05, 4.69) is 15.6 Å². The monoisotopic (exact) mass is 457 g/mol. The number of anilines is 1. The predicted octanol–water partition coefficient (Wildman–Crippen LogP) is 4.85. The van der Waals surface area contributed by atoms with E-state index < -0.39 is 9.84 Å². The fourth-order valence-corrected chi connectivity index (χ4v) is 5.11. The van der Waals surface area contributed by atoms with Crippen LogP contribution >= 0.6 is 0 Å². The van der Waals surface area contributed by atoms with Crippen LogP contribution in [0, 0.1) is 0 Å². The molecule has 1 atom stereocenters. The van der Waals surface area contributed by atoms with Crippen LogP contribution in [-0.4, -0.2) is 28.2 Å². The highest BCUT2D eigenvalue weighted by Gasteiger charge is 2.27. The zero-order valence-corrected chi connectivity index (χ0v) is 19.1. The molecule has 0 fully saturated rings. The van der Waals surface area contributed by atoms with Crippen LogP contribution in [0.3, 0.4) is 0 Å². The molecule has 0 aliphatic rings. The predicted molar refractivity (Wildman–Crippen MR) is 128 cm³/mol. The lowest BCUT2D eigenvalue weighted by atomic mass is 10.1. The van der Waals surface area contributed by atoms with Crippen molar-refractivity contribution in [2.24, 2.45) is 0 Å². The van der Waals surface area contributed by atoms with Crippen molar-refractivity contribution in [2.45, 2.75) is 36.2 Å². The first-order chi connectivity index (χ1) is 16.0. The van der Waals surface area contributed by atoms with E-state index in [0.717, 1.165) is 28.5 Å². The summed E-state index contributed by atoms with van der Waals surface area (Å²) in [4.78, 5) is 4.87. The molecule has 8 heteroatoms. The molecule has 2 aromatic heterocycles. The van der Waals surface area contributed by atoms with Crippen LogP contribution in [0.1, 0.15) is 31.0 Å². The number of para-hydroxylation sites is 1. The summed E-state index contributed by atoms with van der Waals surface area (Å²) in [5, 5.41) is 12.3. The first-order valence-corrected chi connectivity index (χ1v) is 12.3. The van der Waals surface area contributed by atoms with Gasteiger partial charge in [0.1, 0.15) is 5.82 Å². The van der Waals surface area contributed by atoms with Crippen molar-refractivity contribution in [3.63, 3.8) is 0 Å². The number of rotatable bonds is 6. The Morgan fingerprint density at radius 2 is 1.64 bits per heavy atom. The molecule has 7 nitrogen and oxygen atoms in total. The van der Waals surface area contributed by atoms with Crippen molar-refractivity contribution in [3.8, 4) is 0 Å². The topological polar surface area (TPSA) is 89.2 Å². The number of aromatic nitrogens is 4. The highest BCUT2D eigenvalue weighted by Crippen LogP contribution is 2.30. The van der Waals surface area contributed by atoms with E-state index in [4.69, 9.17) is 4.98 Å². The lowest BCUT2D eigenvalue weighted by Crippen LogP contribution is -2.10. The maximum absolute atomic E-state index is 13.4. The molecule has 1 N–H and O–H groups in total. The van der Waals surface area contributed by atoms with E-state index in [9.17, 15) is 8.42 Å². The number of aryl methyl sites for hydroxylation is 1. The van der Waals surface area contributed by atoms with Crippen LogP contribution < -0.4 is 5.32 Å². The van der Waals surface area contributed by atoms with Crippen LogP contribution in [0.25, 0.3) is 16.6 Å². The summed E-state index contributed by atoms with van der Waals surface area (Å²) in [7, 11) is -3.90. The lowest BCUT2D eigenvalue weighted by Gasteiger charge is -2.17. The number of sulfone groups is 1. The van der Waals surface area contributed by atoms with Gasteiger partial charge in [-0.3, -0.25) is 0 Å². The Bertz CT molecular complexity index is 1550. The van der Waals surface area contributed by atoms with Gasteiger partial charge in [0.15, 0.2) is 5.65 Å². The van der Waals surface area contributed by atoms with E-state index in [1.165, 1.54) is 4.52 Å². The Hall–Kier alpha value is -3.78. The number of nitrogens with zero attached hydrogens (tertiary/aromatic N) is 4. The molecule has 0 aliphatic carbocycles. The summed E-state index contributed by atoms with van der Waals surface area (Å²) < 4.78 is 28.3. The first kappa shape index (κ1) is 21.1. The Morgan fingerprint density at radius 1 is 0.939 bits per heavy atom. The van der Waals surface area contributed by atoms with Crippen molar-refractivity contribution >= 4 is 32.2 Å². The fraction of sp³-hybridized carbons (Fsp3) is 0.160. The molecule has 1 unspecified atom stereocenters. The minimum Gasteiger partial charge on any atom is -0.363 e. The molecule has 166 valence electrons. The van der Waals surface area contributed by atoms with E-state index >= 15 is 0 Å². The van der Waals surface area contributed by atoms with E-state index in [1.807, 2.05) is 80.6 Å². The maximum atomic E-state index is 13.4. The van der Waals surface area contributed by atoms with Gasteiger partial charge in [0, 0.05) is 11.4 Å². The number of fused-ring (bicyclic) bond motifs is 3. The number of nitrogens with one attached hydrogen (secondary N) is 1. The van der Waals surface area contributed by atoms with Crippen molar-refractivity contribution < 1.29 is 8.42 Å². The molecule has 0 aliphatic heterocycles. The first-order valence-electron chi connectivity index (χ1n) is 10.8. The molecule has 5 aromatic rings. The second kappa shape index (κ2) is 8.29. The average Bonchev–Trinajstić information content (AvgIpc) is 3.30. The van der Waals surface area contributed by atoms with Gasteiger partial charge in [-0.25, -0.2) is 13.4 Å². The van der Waals surface area contributed by atoms with Gasteiger partial charge >= 0.3 is 0 Å². The summed E-state index contributed by atoms with van der Waals surface area (Å²) in [6.45, 7) is 4.06. The van der Waals surface area contributed by atoms with Crippen LogP contribution in [0.15, 0.2) is 88.8 Å². The van der Waals surface area contributed by atoms with Gasteiger partial charge in [0.2, 0.25) is 14.9 Å². The van der Waals surface area contributed by atoms with Gasteiger partial charge in [-0.05, 0) is 48.7 Å². The fourth-order valence-electron chi connectivity index (χ4n) is 3.88. The average molecular weight is 458 g/mol. The highest BCUT2D eigenvalue weighted by molar-refractivity contribution is 7.91. The Labute approximate surface area is 192 Å². The molecule has 2 heterocycles. The molecule has 5 rings (SSSR count). The number of hydrogen-bond acceptors (Lipinski definition) is 6. The lowest BCUT2D eigenvalue weighted by molar-refractivity contribution is 0.592. The molecule has 3 aromatic carbocycles. The third-order valence-electron chi connectivity index (χ3n) is 5.77. The van der Waals surface area contributed by atoms with Gasteiger partial charge in [0.25, 0.3) is 0 Å². The molecular weight excluding hydrogens is 434 g/mol. The van der Waals surface area contributed by atoms with Crippen molar-refractivity contribution in [1.29, 1.82) is 0 Å². The van der Waals surface area contributed by atoms with Crippen LogP contribution in [0.4, 0.5) is 5.82 Å². The minimum absolute atomic E-state index is 0.0397. The normalized spacial score (nSPS) is 12.8. The SMILES string of the molecule is CCc1ccc(S(=O)(=O)c2nnn3c2nc(NC(C)c2ccccc2)c2ccccc23)cc1. The summed E-state index contributed by atoms with van der Waals surface area (Å²) in [5.74, 6) is 0.578. The Kier molecular flexibility index (Phi) is 5.30. The van der Waals surface area contributed by atoms with Gasteiger partial charge in [-0.1, -0.05) is 66.7 Å². The van der Waals surface area contributed by atoms with E-state index in [-0.39, 0.29) is 21.6 Å². The van der Waals surface area contributed by atoms with E-state index in [0.29, 0.717) is 5.82 Å². The van der Waals surface area contributed by atoms with E-state index in [1.54, 1.807) is 12.1 Å². The smallest absolute Gasteiger partial charge is 0.229 e. The third kappa shape index (κ3) is 3.72. The molecule has 0 bridgehead atoms. The standard InChI is InChI=1S/C25H23N5O2S/c1-3-18-13-15-20(16-14-18)33(31,32)25-24-27-23(26-17(2)19-9-5-4-6-10-19)21-11-7-8-12-22(21)30(24)29-28-25/h4-17H,3H2,1-2H3,(H,26,27). The number of benzene rings is 3. The Morgan fingerprint density at radius 3 is 2.36 bits per heavy atom. The molecule has 0 spiro atoms. The van der Waals surface area contributed by atoms with Crippen LogP contribution in [0.5, 0.6) is 0 Å². The molecule has 0 radical (unpaired) electrons. The minimum atomic E-state index is -3.90. The van der Waals surface area contributed by atoms with Crippen LogP contribution in [-0.2, 0) is 16.3 Å². The summed E-state index contributed by atoms with van der Waals surface area (Å²) in [6, 6.07) is 24.4. The number of hydrogen-bond donors (Lipinski definition) is 1. The van der Waals surface area contributed by atoms with Crippen molar-refractivity contribution in [2.75, 3.05) is 5.32 Å². The van der Waals surface area contributed by atoms with Gasteiger partial charge < -0.3 is 5.32 Å². The zero-order chi connectivity index (χ0) is 23.0. The second-order valence-electron chi connectivity index (χ2n) is 7.89.